The number of carbonyl (C=O) groups is 1. The SMILES string of the molecule is CCCC(=O)N(Cc1ccncc1)C1CC1. The van der Waals surface area contributed by atoms with E-state index in [2.05, 4.69) is 11.9 Å². The Labute approximate surface area is 96.5 Å². The molecule has 0 aliphatic heterocycles. The molecule has 1 aliphatic carbocycles. The van der Waals surface area contributed by atoms with Gasteiger partial charge in [-0.1, -0.05) is 6.92 Å². The summed E-state index contributed by atoms with van der Waals surface area (Å²) in [6.07, 6.45) is 7.50. The predicted molar refractivity (Wildman–Crippen MR) is 62.7 cm³/mol. The van der Waals surface area contributed by atoms with Gasteiger partial charge in [-0.25, -0.2) is 0 Å². The Morgan fingerprint density at radius 2 is 2.12 bits per heavy atom. The fourth-order valence-corrected chi connectivity index (χ4v) is 1.85. The molecule has 0 unspecified atom stereocenters. The molecule has 0 atom stereocenters. The fraction of sp³-hybridized carbons (Fsp3) is 0.538. The smallest absolute Gasteiger partial charge is 0.223 e. The Morgan fingerprint density at radius 3 is 2.69 bits per heavy atom. The predicted octanol–water partition coefficient (Wildman–Crippen LogP) is 2.37. The van der Waals surface area contributed by atoms with E-state index in [9.17, 15) is 4.79 Å². The van der Waals surface area contributed by atoms with Crippen LogP contribution >= 0.6 is 0 Å². The first-order chi connectivity index (χ1) is 7.81. The number of nitrogens with zero attached hydrogens (tertiary/aromatic N) is 2. The van der Waals surface area contributed by atoms with Gasteiger partial charge in [-0.3, -0.25) is 9.78 Å². The average molecular weight is 218 g/mol. The second-order valence-electron chi connectivity index (χ2n) is 4.36. The Morgan fingerprint density at radius 1 is 1.44 bits per heavy atom. The molecule has 3 heteroatoms. The van der Waals surface area contributed by atoms with E-state index in [-0.39, 0.29) is 0 Å². The lowest BCUT2D eigenvalue weighted by Gasteiger charge is -2.22. The van der Waals surface area contributed by atoms with Crippen molar-refractivity contribution in [3.8, 4) is 0 Å². The molecule has 1 saturated carbocycles. The maximum atomic E-state index is 11.9. The third-order valence-corrected chi connectivity index (χ3v) is 2.87. The van der Waals surface area contributed by atoms with Gasteiger partial charge in [-0.2, -0.15) is 0 Å². The van der Waals surface area contributed by atoms with Crippen molar-refractivity contribution < 1.29 is 4.79 Å². The number of amides is 1. The maximum Gasteiger partial charge on any atom is 0.223 e. The summed E-state index contributed by atoms with van der Waals surface area (Å²) in [7, 11) is 0. The first-order valence-electron chi connectivity index (χ1n) is 5.99. The van der Waals surface area contributed by atoms with Crippen LogP contribution in [0.4, 0.5) is 0 Å². The molecule has 1 heterocycles. The number of hydrogen-bond acceptors (Lipinski definition) is 2. The third kappa shape index (κ3) is 2.81. The summed E-state index contributed by atoms with van der Waals surface area (Å²) in [5.41, 5.74) is 1.17. The maximum absolute atomic E-state index is 11.9. The molecule has 0 saturated heterocycles. The van der Waals surface area contributed by atoms with Gasteiger partial charge in [0.2, 0.25) is 5.91 Å². The standard InChI is InChI=1S/C13H18N2O/c1-2-3-13(16)15(12-4-5-12)10-11-6-8-14-9-7-11/h6-9,12H,2-5,10H2,1H3. The van der Waals surface area contributed by atoms with Crippen LogP contribution in [0.3, 0.4) is 0 Å². The van der Waals surface area contributed by atoms with Gasteiger partial charge in [0.15, 0.2) is 0 Å². The van der Waals surface area contributed by atoms with Crippen LogP contribution in [0.15, 0.2) is 24.5 Å². The van der Waals surface area contributed by atoms with E-state index in [0.29, 0.717) is 18.4 Å². The fourth-order valence-electron chi connectivity index (χ4n) is 1.85. The molecule has 0 spiro atoms. The Bertz CT molecular complexity index is 346. The Hall–Kier alpha value is -1.38. The molecule has 2 rings (SSSR count). The second-order valence-corrected chi connectivity index (χ2v) is 4.36. The average Bonchev–Trinajstić information content (AvgIpc) is 3.11. The summed E-state index contributed by atoms with van der Waals surface area (Å²) in [6.45, 7) is 2.79. The van der Waals surface area contributed by atoms with Crippen LogP contribution in [0.25, 0.3) is 0 Å². The van der Waals surface area contributed by atoms with Crippen LogP contribution < -0.4 is 0 Å². The van der Waals surface area contributed by atoms with Crippen molar-refractivity contribution in [2.75, 3.05) is 0 Å². The van der Waals surface area contributed by atoms with Crippen LogP contribution in [-0.2, 0) is 11.3 Å². The molecule has 1 aromatic rings. The van der Waals surface area contributed by atoms with Crippen molar-refractivity contribution in [2.24, 2.45) is 0 Å². The van der Waals surface area contributed by atoms with Gasteiger partial charge in [0.05, 0.1) is 0 Å². The van der Waals surface area contributed by atoms with E-state index in [1.54, 1.807) is 12.4 Å². The van der Waals surface area contributed by atoms with Gasteiger partial charge >= 0.3 is 0 Å². The van der Waals surface area contributed by atoms with Crippen LogP contribution in [0.5, 0.6) is 0 Å². The first-order valence-corrected chi connectivity index (χ1v) is 5.99. The van der Waals surface area contributed by atoms with Crippen molar-refractivity contribution in [3.63, 3.8) is 0 Å². The second kappa shape index (κ2) is 5.10. The van der Waals surface area contributed by atoms with Gasteiger partial charge in [-0.15, -0.1) is 0 Å². The number of pyridine rings is 1. The highest BCUT2D eigenvalue weighted by Gasteiger charge is 2.31. The van der Waals surface area contributed by atoms with Crippen molar-refractivity contribution in [2.45, 2.75) is 45.2 Å². The zero-order valence-corrected chi connectivity index (χ0v) is 9.72. The minimum Gasteiger partial charge on any atom is -0.335 e. The lowest BCUT2D eigenvalue weighted by atomic mass is 10.2. The summed E-state index contributed by atoms with van der Waals surface area (Å²) in [5.74, 6) is 0.293. The van der Waals surface area contributed by atoms with E-state index >= 15 is 0 Å². The van der Waals surface area contributed by atoms with Crippen LogP contribution in [0.2, 0.25) is 0 Å². The topological polar surface area (TPSA) is 33.2 Å². The van der Waals surface area contributed by atoms with Crippen LogP contribution in [-0.4, -0.2) is 21.8 Å². The molecule has 16 heavy (non-hydrogen) atoms. The molecule has 0 bridgehead atoms. The van der Waals surface area contributed by atoms with E-state index in [4.69, 9.17) is 0 Å². The Balaban J connectivity index is 2.00. The van der Waals surface area contributed by atoms with Crippen LogP contribution in [0.1, 0.15) is 38.2 Å². The van der Waals surface area contributed by atoms with Gasteiger partial charge < -0.3 is 4.90 Å². The largest absolute Gasteiger partial charge is 0.335 e. The monoisotopic (exact) mass is 218 g/mol. The molecule has 1 amide bonds. The minimum atomic E-state index is 0.293. The molecular weight excluding hydrogens is 200 g/mol. The van der Waals surface area contributed by atoms with E-state index in [0.717, 1.165) is 13.0 Å². The van der Waals surface area contributed by atoms with Crippen molar-refractivity contribution in [1.82, 2.24) is 9.88 Å². The summed E-state index contributed by atoms with van der Waals surface area (Å²) in [5, 5.41) is 0. The third-order valence-electron chi connectivity index (χ3n) is 2.87. The first kappa shape index (κ1) is 11.1. The molecule has 1 fully saturated rings. The number of rotatable bonds is 5. The number of hydrogen-bond donors (Lipinski definition) is 0. The molecule has 3 nitrogen and oxygen atoms in total. The van der Waals surface area contributed by atoms with Crippen molar-refractivity contribution in [1.29, 1.82) is 0 Å². The Kier molecular flexibility index (Phi) is 3.54. The quantitative estimate of drug-likeness (QED) is 0.760. The summed E-state index contributed by atoms with van der Waals surface area (Å²) in [4.78, 5) is 18.0. The molecule has 1 aliphatic rings. The van der Waals surface area contributed by atoms with Crippen molar-refractivity contribution in [3.05, 3.63) is 30.1 Å². The normalized spacial score (nSPS) is 14.8. The molecule has 1 aromatic heterocycles. The van der Waals surface area contributed by atoms with Gasteiger partial charge in [0.25, 0.3) is 0 Å². The van der Waals surface area contributed by atoms with E-state index in [1.807, 2.05) is 17.0 Å². The molecular formula is C13H18N2O. The molecule has 86 valence electrons. The lowest BCUT2D eigenvalue weighted by molar-refractivity contribution is -0.132. The van der Waals surface area contributed by atoms with Crippen LogP contribution in [0, 0.1) is 0 Å². The van der Waals surface area contributed by atoms with E-state index in [1.165, 1.54) is 18.4 Å². The number of carbonyl (C=O) groups excluding carboxylic acids is 1. The summed E-state index contributed by atoms with van der Waals surface area (Å²) >= 11 is 0. The summed E-state index contributed by atoms with van der Waals surface area (Å²) in [6, 6.07) is 4.45. The highest BCUT2D eigenvalue weighted by atomic mass is 16.2. The zero-order chi connectivity index (χ0) is 11.4. The molecule has 0 N–H and O–H groups in total. The molecule has 0 radical (unpaired) electrons. The highest BCUT2D eigenvalue weighted by molar-refractivity contribution is 5.76. The molecule has 0 aromatic carbocycles. The number of aromatic nitrogens is 1. The van der Waals surface area contributed by atoms with Gasteiger partial charge in [-0.05, 0) is 37.0 Å². The lowest BCUT2D eigenvalue weighted by Crippen LogP contribution is -2.32. The zero-order valence-electron chi connectivity index (χ0n) is 9.72. The van der Waals surface area contributed by atoms with Crippen molar-refractivity contribution >= 4 is 5.91 Å². The minimum absolute atomic E-state index is 0.293. The van der Waals surface area contributed by atoms with Gasteiger partial charge in [0.1, 0.15) is 0 Å². The summed E-state index contributed by atoms with van der Waals surface area (Å²) < 4.78 is 0. The highest BCUT2D eigenvalue weighted by Crippen LogP contribution is 2.29. The van der Waals surface area contributed by atoms with Gasteiger partial charge in [0, 0.05) is 31.4 Å². The van der Waals surface area contributed by atoms with E-state index < -0.39 is 0 Å².